The third kappa shape index (κ3) is 2.98. The molecule has 0 bridgehead atoms. The van der Waals surface area contributed by atoms with Gasteiger partial charge < -0.3 is 21.5 Å². The first-order valence-corrected chi connectivity index (χ1v) is 5.31. The Balaban J connectivity index is 3.18. The molecule has 1 aromatic rings. The minimum absolute atomic E-state index is 0.172. The SMILES string of the molecule is Cc1nn(C)c(N(CC(N)=O)CC(N)=O)c1CO. The number of aliphatic hydroxyl groups excluding tert-OH is 1. The Labute approximate surface area is 104 Å². The maximum Gasteiger partial charge on any atom is 0.237 e. The van der Waals surface area contributed by atoms with Crippen LogP contribution in [0.3, 0.4) is 0 Å². The van der Waals surface area contributed by atoms with Crippen molar-refractivity contribution in [2.75, 3.05) is 18.0 Å². The van der Waals surface area contributed by atoms with Crippen LogP contribution in [0.15, 0.2) is 0 Å². The molecule has 0 aliphatic carbocycles. The molecule has 2 amide bonds. The minimum Gasteiger partial charge on any atom is -0.391 e. The largest absolute Gasteiger partial charge is 0.391 e. The summed E-state index contributed by atoms with van der Waals surface area (Å²) < 4.78 is 1.48. The van der Waals surface area contributed by atoms with Crippen molar-refractivity contribution in [3.05, 3.63) is 11.3 Å². The highest BCUT2D eigenvalue weighted by Gasteiger charge is 2.21. The summed E-state index contributed by atoms with van der Waals surface area (Å²) in [6.45, 7) is 1.13. The summed E-state index contributed by atoms with van der Waals surface area (Å²) in [7, 11) is 1.65. The topological polar surface area (TPSA) is 127 Å². The van der Waals surface area contributed by atoms with Crippen LogP contribution in [0.4, 0.5) is 5.82 Å². The molecule has 18 heavy (non-hydrogen) atoms. The molecule has 0 unspecified atom stereocenters. The van der Waals surface area contributed by atoms with Crippen LogP contribution in [0.25, 0.3) is 0 Å². The van der Waals surface area contributed by atoms with Gasteiger partial charge in [-0.2, -0.15) is 5.10 Å². The first-order valence-electron chi connectivity index (χ1n) is 5.31. The fraction of sp³-hybridized carbons (Fsp3) is 0.500. The molecule has 1 heterocycles. The first-order chi connectivity index (χ1) is 8.36. The Hall–Kier alpha value is -2.09. The summed E-state index contributed by atoms with van der Waals surface area (Å²) in [6.07, 6.45) is 0. The van der Waals surface area contributed by atoms with E-state index in [1.165, 1.54) is 9.58 Å². The van der Waals surface area contributed by atoms with Gasteiger partial charge in [0.2, 0.25) is 11.8 Å². The van der Waals surface area contributed by atoms with Crippen LogP contribution >= 0.6 is 0 Å². The molecule has 0 spiro atoms. The van der Waals surface area contributed by atoms with E-state index in [0.717, 1.165) is 0 Å². The quantitative estimate of drug-likeness (QED) is 0.541. The Morgan fingerprint density at radius 2 is 1.83 bits per heavy atom. The highest BCUT2D eigenvalue weighted by atomic mass is 16.3. The van der Waals surface area contributed by atoms with Gasteiger partial charge in [-0.05, 0) is 6.92 Å². The summed E-state index contributed by atoms with van der Waals surface area (Å²) >= 11 is 0. The molecule has 0 saturated carbocycles. The highest BCUT2D eigenvalue weighted by molar-refractivity contribution is 5.84. The Morgan fingerprint density at radius 1 is 1.33 bits per heavy atom. The summed E-state index contributed by atoms with van der Waals surface area (Å²) in [5.41, 5.74) is 11.4. The lowest BCUT2D eigenvalue weighted by Crippen LogP contribution is -2.41. The van der Waals surface area contributed by atoms with Crippen molar-refractivity contribution in [3.63, 3.8) is 0 Å². The summed E-state index contributed by atoms with van der Waals surface area (Å²) in [5.74, 6) is -0.731. The van der Waals surface area contributed by atoms with E-state index in [-0.39, 0.29) is 19.7 Å². The molecule has 0 fully saturated rings. The van der Waals surface area contributed by atoms with E-state index in [2.05, 4.69) is 5.10 Å². The van der Waals surface area contributed by atoms with Gasteiger partial charge in [0.1, 0.15) is 5.82 Å². The van der Waals surface area contributed by atoms with E-state index < -0.39 is 11.8 Å². The third-order valence-corrected chi connectivity index (χ3v) is 2.46. The van der Waals surface area contributed by atoms with Crippen LogP contribution in [-0.4, -0.2) is 39.8 Å². The van der Waals surface area contributed by atoms with Gasteiger partial charge in [-0.3, -0.25) is 14.3 Å². The molecular weight excluding hydrogens is 238 g/mol. The number of nitrogens with two attached hydrogens (primary N) is 2. The number of carbonyl (C=O) groups is 2. The standard InChI is InChI=1S/C10H17N5O3/c1-6-7(5-16)10(14(2)13-6)15(3-8(11)17)4-9(12)18/h16H,3-5H2,1-2H3,(H2,11,17)(H2,12,18). The number of rotatable bonds is 6. The number of aliphatic hydroxyl groups is 1. The molecule has 8 nitrogen and oxygen atoms in total. The number of primary amides is 2. The van der Waals surface area contributed by atoms with Crippen molar-refractivity contribution in [1.29, 1.82) is 0 Å². The van der Waals surface area contributed by atoms with E-state index in [1.54, 1.807) is 14.0 Å². The average Bonchev–Trinajstić information content (AvgIpc) is 2.50. The van der Waals surface area contributed by atoms with E-state index in [9.17, 15) is 14.7 Å². The van der Waals surface area contributed by atoms with Crippen LogP contribution in [0.2, 0.25) is 0 Å². The van der Waals surface area contributed by atoms with Gasteiger partial charge in [-0.1, -0.05) is 0 Å². The summed E-state index contributed by atoms with van der Waals surface area (Å²) in [4.78, 5) is 23.4. The van der Waals surface area contributed by atoms with E-state index >= 15 is 0 Å². The second-order valence-corrected chi connectivity index (χ2v) is 3.96. The van der Waals surface area contributed by atoms with Crippen molar-refractivity contribution in [3.8, 4) is 0 Å². The molecule has 0 aromatic carbocycles. The number of anilines is 1. The number of aromatic nitrogens is 2. The van der Waals surface area contributed by atoms with Crippen molar-refractivity contribution >= 4 is 17.6 Å². The maximum absolute atomic E-state index is 11.0. The lowest BCUT2D eigenvalue weighted by Gasteiger charge is -2.22. The first kappa shape index (κ1) is 14.0. The fourth-order valence-corrected chi connectivity index (χ4v) is 1.85. The lowest BCUT2D eigenvalue weighted by atomic mass is 10.2. The zero-order chi connectivity index (χ0) is 13.9. The zero-order valence-electron chi connectivity index (χ0n) is 10.4. The zero-order valence-corrected chi connectivity index (χ0v) is 10.4. The average molecular weight is 255 g/mol. The third-order valence-electron chi connectivity index (χ3n) is 2.46. The molecular formula is C10H17N5O3. The summed E-state index contributed by atoms with van der Waals surface area (Å²) in [5, 5.41) is 13.4. The highest BCUT2D eigenvalue weighted by Crippen LogP contribution is 2.22. The van der Waals surface area contributed by atoms with Crippen LogP contribution in [-0.2, 0) is 23.2 Å². The molecule has 0 aliphatic rings. The number of hydrogen-bond acceptors (Lipinski definition) is 5. The van der Waals surface area contributed by atoms with E-state index in [4.69, 9.17) is 11.5 Å². The van der Waals surface area contributed by atoms with Gasteiger partial charge >= 0.3 is 0 Å². The molecule has 5 N–H and O–H groups in total. The number of hydrogen-bond donors (Lipinski definition) is 3. The van der Waals surface area contributed by atoms with Crippen molar-refractivity contribution in [2.24, 2.45) is 18.5 Å². The van der Waals surface area contributed by atoms with Crippen molar-refractivity contribution < 1.29 is 14.7 Å². The van der Waals surface area contributed by atoms with Crippen LogP contribution in [0.1, 0.15) is 11.3 Å². The maximum atomic E-state index is 11.0. The van der Waals surface area contributed by atoms with Crippen LogP contribution < -0.4 is 16.4 Å². The van der Waals surface area contributed by atoms with Gasteiger partial charge in [-0.25, -0.2) is 0 Å². The minimum atomic E-state index is -0.598. The lowest BCUT2D eigenvalue weighted by molar-refractivity contribution is -0.117. The number of amides is 2. The molecule has 100 valence electrons. The van der Waals surface area contributed by atoms with Gasteiger partial charge in [0.25, 0.3) is 0 Å². The molecule has 8 heteroatoms. The molecule has 0 aliphatic heterocycles. The second kappa shape index (κ2) is 5.50. The van der Waals surface area contributed by atoms with Crippen LogP contribution in [0.5, 0.6) is 0 Å². The van der Waals surface area contributed by atoms with Gasteiger partial charge in [0, 0.05) is 12.6 Å². The Morgan fingerprint density at radius 3 is 2.22 bits per heavy atom. The monoisotopic (exact) mass is 255 g/mol. The van der Waals surface area contributed by atoms with E-state index in [1.807, 2.05) is 0 Å². The number of nitrogens with zero attached hydrogens (tertiary/aromatic N) is 3. The van der Waals surface area contributed by atoms with Crippen LogP contribution in [0, 0.1) is 6.92 Å². The predicted molar refractivity (Wildman–Crippen MR) is 64.5 cm³/mol. The summed E-state index contributed by atoms with van der Waals surface area (Å²) in [6, 6.07) is 0. The Bertz CT molecular complexity index is 452. The smallest absolute Gasteiger partial charge is 0.237 e. The normalized spacial score (nSPS) is 10.4. The predicted octanol–water partition coefficient (Wildman–Crippen LogP) is -2.00. The molecule has 1 aromatic heterocycles. The van der Waals surface area contributed by atoms with Crippen molar-refractivity contribution in [1.82, 2.24) is 9.78 Å². The Kier molecular flexibility index (Phi) is 4.27. The molecule has 1 rings (SSSR count). The van der Waals surface area contributed by atoms with E-state index in [0.29, 0.717) is 17.1 Å². The molecule has 0 radical (unpaired) electrons. The van der Waals surface area contributed by atoms with Gasteiger partial charge in [-0.15, -0.1) is 0 Å². The number of carbonyl (C=O) groups excluding carboxylic acids is 2. The van der Waals surface area contributed by atoms with Gasteiger partial charge in [0.05, 0.1) is 25.4 Å². The second-order valence-electron chi connectivity index (χ2n) is 3.96. The van der Waals surface area contributed by atoms with Gasteiger partial charge in [0.15, 0.2) is 0 Å². The molecule has 0 saturated heterocycles. The molecule has 0 atom stereocenters. The van der Waals surface area contributed by atoms with Crippen molar-refractivity contribution in [2.45, 2.75) is 13.5 Å². The number of aryl methyl sites for hydroxylation is 2. The fourth-order valence-electron chi connectivity index (χ4n) is 1.85.